The molecule has 1 aliphatic rings. The Balaban J connectivity index is 1.51. The number of amides is 1. The van der Waals surface area contributed by atoms with Crippen molar-refractivity contribution in [3.8, 4) is 11.4 Å². The number of hydrogen-bond acceptors (Lipinski definition) is 5. The second-order valence-corrected chi connectivity index (χ2v) is 8.37. The minimum absolute atomic E-state index is 0.0439. The Morgan fingerprint density at radius 2 is 1.95 bits per heavy atom. The number of halogens is 4. The average Bonchev–Trinajstić information content (AvgIpc) is 3.42. The number of nitrogens with zero attached hydrogens (tertiary/aromatic N) is 6. The zero-order chi connectivity index (χ0) is 33.1. The first kappa shape index (κ1) is 16.7. The number of carbonyl (C=O) groups excluding carboxylic acids is 1. The van der Waals surface area contributed by atoms with Gasteiger partial charge in [0, 0.05) is 61.0 Å². The molecular weight excluding hydrogens is 488 g/mol. The Kier molecular flexibility index (Phi) is 4.26. The fraction of sp³-hybridized carbons (Fsp3) is 0.308. The van der Waals surface area contributed by atoms with Crippen molar-refractivity contribution in [2.75, 3.05) is 24.9 Å². The lowest BCUT2D eigenvalue weighted by molar-refractivity contribution is -0.138. The monoisotopic (exact) mass is 520 g/mol. The summed E-state index contributed by atoms with van der Waals surface area (Å²) in [7, 11) is 0. The lowest BCUT2D eigenvalue weighted by Gasteiger charge is -2.37. The van der Waals surface area contributed by atoms with Crippen molar-refractivity contribution < 1.29 is 33.3 Å². The second-order valence-electron chi connectivity index (χ2n) is 8.37. The molecule has 4 aromatic rings. The largest absolute Gasteiger partial charge is 0.417 e. The summed E-state index contributed by atoms with van der Waals surface area (Å²) in [6.07, 6.45) is -4.70. The van der Waals surface area contributed by atoms with Gasteiger partial charge in [-0.25, -0.2) is 4.39 Å². The SMILES string of the molecule is [2H]C([2H])([2H])N(C(=O)c1ccc(F)cc1C(F)(F)F)C1CCN(c2nnc(-c3ccnn3C([2H])([2H])[2H])c3ccccc23)C([2H])([2H])C1. The normalized spacial score (nSPS) is 21.5. The minimum atomic E-state index is -5.17. The molecule has 1 aliphatic heterocycles. The van der Waals surface area contributed by atoms with Crippen LogP contribution in [0.5, 0.6) is 0 Å². The third-order valence-electron chi connectivity index (χ3n) is 6.11. The Morgan fingerprint density at radius 3 is 2.68 bits per heavy atom. The van der Waals surface area contributed by atoms with E-state index in [2.05, 4.69) is 15.3 Å². The van der Waals surface area contributed by atoms with Crippen molar-refractivity contribution in [2.45, 2.75) is 25.1 Å². The molecule has 0 aliphatic carbocycles. The summed E-state index contributed by atoms with van der Waals surface area (Å²) in [5.74, 6) is -2.77. The van der Waals surface area contributed by atoms with Crippen LogP contribution in [0.2, 0.25) is 0 Å². The predicted octanol–water partition coefficient (Wildman–Crippen LogP) is 4.93. The van der Waals surface area contributed by atoms with Gasteiger partial charge in [0.05, 0.1) is 16.8 Å². The van der Waals surface area contributed by atoms with Gasteiger partial charge in [0.15, 0.2) is 5.82 Å². The molecule has 1 saturated heterocycles. The van der Waals surface area contributed by atoms with Gasteiger partial charge in [-0.3, -0.25) is 9.48 Å². The molecule has 3 heterocycles. The number of carbonyl (C=O) groups is 1. The van der Waals surface area contributed by atoms with Crippen molar-refractivity contribution in [1.82, 2.24) is 24.9 Å². The predicted molar refractivity (Wildman–Crippen MR) is 130 cm³/mol. The Hall–Kier alpha value is -4.02. The molecule has 7 nitrogen and oxygen atoms in total. The summed E-state index contributed by atoms with van der Waals surface area (Å²) >= 11 is 0. The number of aromatic nitrogens is 4. The number of anilines is 1. The van der Waals surface area contributed by atoms with Gasteiger partial charge < -0.3 is 9.80 Å². The maximum atomic E-state index is 13.7. The maximum Gasteiger partial charge on any atom is 0.417 e. The average molecular weight is 521 g/mol. The molecule has 1 unspecified atom stereocenters. The highest BCUT2D eigenvalue weighted by Crippen LogP contribution is 2.35. The lowest BCUT2D eigenvalue weighted by atomic mass is 10.00. The third-order valence-corrected chi connectivity index (χ3v) is 6.11. The first-order valence-corrected chi connectivity index (χ1v) is 11.1. The van der Waals surface area contributed by atoms with Gasteiger partial charge in [-0.05, 0) is 37.1 Å². The fourth-order valence-electron chi connectivity index (χ4n) is 4.27. The van der Waals surface area contributed by atoms with Crippen LogP contribution in [-0.4, -0.2) is 56.8 Å². The Morgan fingerprint density at radius 1 is 1.14 bits per heavy atom. The molecule has 0 bridgehead atoms. The summed E-state index contributed by atoms with van der Waals surface area (Å²) in [6.45, 7) is -8.50. The van der Waals surface area contributed by atoms with Crippen LogP contribution in [0.3, 0.4) is 0 Å². The van der Waals surface area contributed by atoms with Gasteiger partial charge in [0.1, 0.15) is 11.5 Å². The van der Waals surface area contributed by atoms with E-state index in [1.807, 2.05) is 0 Å². The molecule has 11 heteroatoms. The van der Waals surface area contributed by atoms with Crippen LogP contribution in [0.4, 0.5) is 23.4 Å². The number of rotatable bonds is 4. The Labute approximate surface area is 221 Å². The standard InChI is InChI=1S/C26H24F4N6O/c1-34(25(37)20-8-7-16(27)15-21(20)26(28,29)30)17-10-13-36(14-11-17)24-19-6-4-3-5-18(19)23(32-33-24)22-9-12-31-35(22)2/h3-9,12,15,17H,10-11,13-14H2,1-2H3/i1D3,2D3,13D2. The molecule has 1 amide bonds. The highest BCUT2D eigenvalue weighted by Gasteiger charge is 2.37. The molecule has 192 valence electrons. The van der Waals surface area contributed by atoms with E-state index in [4.69, 9.17) is 11.0 Å². The van der Waals surface area contributed by atoms with E-state index in [0.717, 1.165) is 4.68 Å². The van der Waals surface area contributed by atoms with E-state index in [1.54, 1.807) is 24.3 Å². The van der Waals surface area contributed by atoms with Gasteiger partial charge >= 0.3 is 6.18 Å². The topological polar surface area (TPSA) is 67.2 Å². The van der Waals surface area contributed by atoms with Gasteiger partial charge in [0.2, 0.25) is 0 Å². The molecule has 0 radical (unpaired) electrons. The van der Waals surface area contributed by atoms with E-state index in [1.165, 1.54) is 17.2 Å². The van der Waals surface area contributed by atoms with Crippen LogP contribution in [0.25, 0.3) is 22.2 Å². The van der Waals surface area contributed by atoms with Crippen LogP contribution in [0.1, 0.15) is 39.7 Å². The van der Waals surface area contributed by atoms with E-state index in [0.29, 0.717) is 22.9 Å². The second kappa shape index (κ2) is 9.45. The third kappa shape index (κ3) is 4.61. The van der Waals surface area contributed by atoms with E-state index in [9.17, 15) is 22.4 Å². The summed E-state index contributed by atoms with van der Waals surface area (Å²) in [6, 6.07) is 7.91. The summed E-state index contributed by atoms with van der Waals surface area (Å²) < 4.78 is 120. The van der Waals surface area contributed by atoms with Gasteiger partial charge in [-0.15, -0.1) is 10.2 Å². The molecule has 0 saturated carbocycles. The van der Waals surface area contributed by atoms with Crippen molar-refractivity contribution >= 4 is 22.5 Å². The van der Waals surface area contributed by atoms with Crippen molar-refractivity contribution in [3.63, 3.8) is 0 Å². The zero-order valence-electron chi connectivity index (χ0n) is 27.0. The van der Waals surface area contributed by atoms with Crippen LogP contribution < -0.4 is 4.90 Å². The summed E-state index contributed by atoms with van der Waals surface area (Å²) in [4.78, 5) is 14.8. The number of piperidine rings is 1. The number of benzene rings is 2. The molecule has 37 heavy (non-hydrogen) atoms. The summed E-state index contributed by atoms with van der Waals surface area (Å²) in [5.41, 5.74) is -2.43. The van der Waals surface area contributed by atoms with E-state index >= 15 is 0 Å². The first-order chi connectivity index (χ1) is 20.8. The van der Waals surface area contributed by atoms with E-state index in [-0.39, 0.29) is 41.1 Å². The van der Waals surface area contributed by atoms with Crippen LogP contribution in [-0.2, 0) is 13.2 Å². The van der Waals surface area contributed by atoms with Crippen molar-refractivity contribution in [3.05, 3.63) is 71.7 Å². The van der Waals surface area contributed by atoms with Crippen LogP contribution >= 0.6 is 0 Å². The molecule has 5 rings (SSSR count). The van der Waals surface area contributed by atoms with Crippen LogP contribution in [0.15, 0.2) is 54.7 Å². The van der Waals surface area contributed by atoms with Gasteiger partial charge in [0.25, 0.3) is 5.91 Å². The number of fused-ring (bicyclic) bond motifs is 1. The molecular formula is C26H24F4N6O. The van der Waals surface area contributed by atoms with E-state index < -0.39 is 61.9 Å². The lowest BCUT2D eigenvalue weighted by Crippen LogP contribution is -2.46. The smallest absolute Gasteiger partial charge is 0.354 e. The maximum absolute atomic E-state index is 13.7. The fourth-order valence-corrected chi connectivity index (χ4v) is 4.27. The van der Waals surface area contributed by atoms with Gasteiger partial charge in [-0.2, -0.15) is 18.3 Å². The quantitative estimate of drug-likeness (QED) is 0.357. The molecule has 0 spiro atoms. The van der Waals surface area contributed by atoms with Crippen molar-refractivity contribution in [2.24, 2.45) is 6.98 Å². The summed E-state index contributed by atoms with van der Waals surface area (Å²) in [5, 5.41) is 13.1. The van der Waals surface area contributed by atoms with Gasteiger partial charge in [-0.1, -0.05) is 24.3 Å². The van der Waals surface area contributed by atoms with Crippen molar-refractivity contribution in [1.29, 1.82) is 0 Å². The molecule has 1 fully saturated rings. The highest BCUT2D eigenvalue weighted by molar-refractivity contribution is 6.00. The highest BCUT2D eigenvalue weighted by atomic mass is 19.4. The molecule has 2 aromatic heterocycles. The first-order valence-electron chi connectivity index (χ1n) is 15.1. The minimum Gasteiger partial charge on any atom is -0.354 e. The molecule has 0 N–H and O–H groups in total. The molecule has 2 aromatic carbocycles. The zero-order valence-corrected chi connectivity index (χ0v) is 19.0. The number of aryl methyl sites for hydroxylation is 1. The number of hydrogen-bond donors (Lipinski definition) is 0. The molecule has 1 atom stereocenters. The van der Waals surface area contributed by atoms with Crippen LogP contribution in [0, 0.1) is 5.82 Å². The Bertz CT molecular complexity index is 1760. The number of alkyl halides is 3.